The van der Waals surface area contributed by atoms with Gasteiger partial charge in [-0.15, -0.1) is 0 Å². The molecular weight excluding hydrogens is 374 g/mol. The number of ether oxygens (including phenoxy) is 1. The zero-order chi connectivity index (χ0) is 18.8. The van der Waals surface area contributed by atoms with E-state index in [4.69, 9.17) is 16.3 Å². The van der Waals surface area contributed by atoms with Crippen LogP contribution < -0.4 is 10.1 Å². The summed E-state index contributed by atoms with van der Waals surface area (Å²) in [5.74, 6) is 0.918. The van der Waals surface area contributed by atoms with Gasteiger partial charge in [0.25, 0.3) is 5.91 Å². The minimum Gasteiger partial charge on any atom is -0.483 e. The van der Waals surface area contributed by atoms with Crippen molar-refractivity contribution < 1.29 is 17.9 Å². The van der Waals surface area contributed by atoms with Crippen LogP contribution in [-0.4, -0.2) is 38.0 Å². The van der Waals surface area contributed by atoms with Gasteiger partial charge in [0, 0.05) is 5.02 Å². The number of carbonyl (C=O) groups is 1. The van der Waals surface area contributed by atoms with Crippen molar-refractivity contribution in [1.29, 1.82) is 0 Å². The zero-order valence-corrected chi connectivity index (χ0v) is 16.7. The van der Waals surface area contributed by atoms with Crippen molar-refractivity contribution in [1.82, 2.24) is 5.32 Å². The van der Waals surface area contributed by atoms with E-state index >= 15 is 0 Å². The topological polar surface area (TPSA) is 72.5 Å². The van der Waals surface area contributed by atoms with Gasteiger partial charge in [0.15, 0.2) is 16.4 Å². The Labute approximate surface area is 160 Å². The third-order valence-electron chi connectivity index (χ3n) is 5.32. The van der Waals surface area contributed by atoms with Crippen LogP contribution in [0.3, 0.4) is 0 Å². The molecule has 1 aromatic carbocycles. The molecule has 0 spiro atoms. The maximum Gasteiger partial charge on any atom is 0.258 e. The average Bonchev–Trinajstić information content (AvgIpc) is 2.87. The van der Waals surface area contributed by atoms with Gasteiger partial charge in [-0.25, -0.2) is 8.42 Å². The van der Waals surface area contributed by atoms with E-state index in [-0.39, 0.29) is 24.0 Å². The Kier molecular flexibility index (Phi) is 5.82. The fourth-order valence-corrected chi connectivity index (χ4v) is 6.28. The van der Waals surface area contributed by atoms with Crippen LogP contribution in [-0.2, 0) is 14.6 Å². The van der Waals surface area contributed by atoms with E-state index in [0.717, 1.165) is 18.4 Å². The molecule has 5 nitrogen and oxygen atoms in total. The van der Waals surface area contributed by atoms with Crippen molar-refractivity contribution in [2.45, 2.75) is 56.9 Å². The Hall–Kier alpha value is -1.27. The van der Waals surface area contributed by atoms with E-state index in [1.165, 1.54) is 19.3 Å². The quantitative estimate of drug-likeness (QED) is 0.822. The molecule has 7 heteroatoms. The van der Waals surface area contributed by atoms with Crippen LogP contribution in [0.4, 0.5) is 0 Å². The van der Waals surface area contributed by atoms with E-state index in [0.29, 0.717) is 23.1 Å². The molecule has 26 heavy (non-hydrogen) atoms. The second kappa shape index (κ2) is 7.77. The van der Waals surface area contributed by atoms with Crippen LogP contribution in [0.1, 0.15) is 56.9 Å². The van der Waals surface area contributed by atoms with Crippen LogP contribution in [0.5, 0.6) is 5.75 Å². The van der Waals surface area contributed by atoms with Crippen LogP contribution in [0.2, 0.25) is 5.02 Å². The lowest BCUT2D eigenvalue weighted by Gasteiger charge is -2.26. The number of rotatable bonds is 5. The summed E-state index contributed by atoms with van der Waals surface area (Å²) in [6.07, 6.45) is 6.32. The Balaban J connectivity index is 1.63. The van der Waals surface area contributed by atoms with Crippen molar-refractivity contribution in [2.75, 3.05) is 18.1 Å². The van der Waals surface area contributed by atoms with Crippen LogP contribution in [0.15, 0.2) is 18.2 Å². The molecule has 0 unspecified atom stereocenters. The highest BCUT2D eigenvalue weighted by Crippen LogP contribution is 2.38. The molecule has 1 atom stereocenters. The number of carbonyl (C=O) groups excluding carboxylic acids is 1. The summed E-state index contributed by atoms with van der Waals surface area (Å²) in [7, 11) is -3.06. The second-order valence-electron chi connectivity index (χ2n) is 7.76. The van der Waals surface area contributed by atoms with Gasteiger partial charge in [-0.3, -0.25) is 4.79 Å². The van der Waals surface area contributed by atoms with Gasteiger partial charge >= 0.3 is 0 Å². The largest absolute Gasteiger partial charge is 0.483 e. The lowest BCUT2D eigenvalue weighted by Crippen LogP contribution is -2.48. The monoisotopic (exact) mass is 399 g/mol. The predicted octanol–water partition coefficient (Wildman–Crippen LogP) is 3.46. The number of benzene rings is 1. The molecule has 1 N–H and O–H groups in total. The first-order chi connectivity index (χ1) is 12.3. The smallest absolute Gasteiger partial charge is 0.258 e. The van der Waals surface area contributed by atoms with Crippen molar-refractivity contribution in [3.63, 3.8) is 0 Å². The molecule has 1 saturated heterocycles. The van der Waals surface area contributed by atoms with Crippen molar-refractivity contribution in [2.24, 2.45) is 0 Å². The van der Waals surface area contributed by atoms with Gasteiger partial charge in [0.05, 0.1) is 17.0 Å². The predicted molar refractivity (Wildman–Crippen MR) is 103 cm³/mol. The lowest BCUT2D eigenvalue weighted by molar-refractivity contribution is -0.124. The normalized spacial score (nSPS) is 25.8. The van der Waals surface area contributed by atoms with Crippen molar-refractivity contribution >= 4 is 27.3 Å². The van der Waals surface area contributed by atoms with E-state index in [9.17, 15) is 13.2 Å². The summed E-state index contributed by atoms with van der Waals surface area (Å²) in [5, 5.41) is 3.49. The molecule has 1 aromatic rings. The Bertz CT molecular complexity index is 774. The molecule has 1 amide bonds. The van der Waals surface area contributed by atoms with Crippen molar-refractivity contribution in [3.05, 3.63) is 28.8 Å². The summed E-state index contributed by atoms with van der Waals surface area (Å²) in [6.45, 7) is 1.64. The minimum atomic E-state index is -3.06. The van der Waals surface area contributed by atoms with Gasteiger partial charge in [0.1, 0.15) is 5.75 Å². The standard InChI is InChI=1S/C19H26ClNO4S/c1-19(9-10-26(23,24)13-19)21-18(22)12-25-17-8-7-15(20)11-16(17)14-5-3-2-4-6-14/h7-8,11,14H,2-6,9-10,12-13H2,1H3,(H,21,22)/t19-/m1/s1. The first-order valence-corrected chi connectivity index (χ1v) is 11.4. The summed E-state index contributed by atoms with van der Waals surface area (Å²) in [6, 6.07) is 5.53. The molecule has 2 fully saturated rings. The summed E-state index contributed by atoms with van der Waals surface area (Å²) >= 11 is 6.17. The van der Waals surface area contributed by atoms with E-state index < -0.39 is 15.4 Å². The van der Waals surface area contributed by atoms with E-state index in [1.807, 2.05) is 12.1 Å². The van der Waals surface area contributed by atoms with Gasteiger partial charge in [-0.05, 0) is 55.9 Å². The van der Waals surface area contributed by atoms with Crippen molar-refractivity contribution in [3.8, 4) is 5.75 Å². The molecule has 1 saturated carbocycles. The minimum absolute atomic E-state index is 0.0139. The molecule has 0 radical (unpaired) electrons. The van der Waals surface area contributed by atoms with E-state index in [2.05, 4.69) is 5.32 Å². The maximum absolute atomic E-state index is 12.3. The third-order valence-corrected chi connectivity index (χ3v) is 7.46. The third kappa shape index (κ3) is 4.92. The molecule has 2 aliphatic rings. The zero-order valence-electron chi connectivity index (χ0n) is 15.1. The molecular formula is C19H26ClNO4S. The second-order valence-corrected chi connectivity index (χ2v) is 10.4. The molecule has 1 heterocycles. The Morgan fingerprint density at radius 3 is 2.69 bits per heavy atom. The molecule has 1 aliphatic heterocycles. The highest BCUT2D eigenvalue weighted by molar-refractivity contribution is 7.91. The van der Waals surface area contributed by atoms with Crippen LogP contribution in [0, 0.1) is 0 Å². The number of hydrogen-bond acceptors (Lipinski definition) is 4. The highest BCUT2D eigenvalue weighted by Gasteiger charge is 2.39. The molecule has 0 aromatic heterocycles. The lowest BCUT2D eigenvalue weighted by atomic mass is 9.84. The summed E-state index contributed by atoms with van der Waals surface area (Å²) < 4.78 is 29.1. The van der Waals surface area contributed by atoms with Gasteiger partial charge in [-0.2, -0.15) is 0 Å². The number of sulfone groups is 1. The average molecular weight is 400 g/mol. The molecule has 3 rings (SSSR count). The molecule has 144 valence electrons. The Morgan fingerprint density at radius 1 is 1.31 bits per heavy atom. The Morgan fingerprint density at radius 2 is 2.04 bits per heavy atom. The number of nitrogens with one attached hydrogen (secondary N) is 1. The van der Waals surface area contributed by atoms with Crippen LogP contribution >= 0.6 is 11.6 Å². The molecule has 0 bridgehead atoms. The number of halogens is 1. The van der Waals surface area contributed by atoms with Gasteiger partial charge < -0.3 is 10.1 Å². The van der Waals surface area contributed by atoms with Gasteiger partial charge in [0.2, 0.25) is 0 Å². The highest BCUT2D eigenvalue weighted by atomic mass is 35.5. The summed E-state index contributed by atoms with van der Waals surface area (Å²) in [5.41, 5.74) is 0.366. The van der Waals surface area contributed by atoms with Gasteiger partial charge in [-0.1, -0.05) is 30.9 Å². The molecule has 1 aliphatic carbocycles. The van der Waals surface area contributed by atoms with Crippen LogP contribution in [0.25, 0.3) is 0 Å². The fourth-order valence-electron chi connectivity index (χ4n) is 4.01. The SMILES string of the molecule is C[C@@]1(NC(=O)COc2ccc(Cl)cc2C2CCCCC2)CCS(=O)(=O)C1. The first-order valence-electron chi connectivity index (χ1n) is 9.20. The maximum atomic E-state index is 12.3. The number of amides is 1. The fraction of sp³-hybridized carbons (Fsp3) is 0.632. The summed E-state index contributed by atoms with van der Waals surface area (Å²) in [4.78, 5) is 12.3. The number of hydrogen-bond donors (Lipinski definition) is 1. The van der Waals surface area contributed by atoms with E-state index in [1.54, 1.807) is 13.0 Å². The first kappa shape index (κ1) is 19.5.